The smallest absolute Gasteiger partial charge is 0.409 e. The lowest BCUT2D eigenvalue weighted by Gasteiger charge is -2.31. The number of amides is 2. The van der Waals surface area contributed by atoms with E-state index in [1.54, 1.807) is 11.0 Å². The summed E-state index contributed by atoms with van der Waals surface area (Å²) in [4.78, 5) is 26.0. The number of hydrogen-bond donors (Lipinski definition) is 2. The maximum Gasteiger partial charge on any atom is 0.409 e. The molecule has 6 nitrogen and oxygen atoms in total. The zero-order valence-corrected chi connectivity index (χ0v) is 14.6. The number of nitrogens with two attached hydrogens (primary N) is 1. The third-order valence-corrected chi connectivity index (χ3v) is 4.30. The number of carbonyl (C=O) groups excluding carboxylic acids is 2. The second kappa shape index (κ2) is 9.36. The summed E-state index contributed by atoms with van der Waals surface area (Å²) in [5.74, 6) is -1.18. The number of anilines is 1. The van der Waals surface area contributed by atoms with Gasteiger partial charge in [0.2, 0.25) is 5.91 Å². The Labute approximate surface area is 147 Å². The van der Waals surface area contributed by atoms with E-state index in [1.807, 2.05) is 6.92 Å². The van der Waals surface area contributed by atoms with E-state index in [4.69, 9.17) is 10.5 Å². The predicted molar refractivity (Wildman–Crippen MR) is 93.5 cm³/mol. The van der Waals surface area contributed by atoms with Gasteiger partial charge in [-0.3, -0.25) is 4.79 Å². The minimum Gasteiger partial charge on any atom is -0.449 e. The fourth-order valence-corrected chi connectivity index (χ4v) is 2.78. The molecule has 3 N–H and O–H groups in total. The molecule has 25 heavy (non-hydrogen) atoms. The Morgan fingerprint density at radius 2 is 2.24 bits per heavy atom. The number of benzene rings is 1. The first-order valence-corrected chi connectivity index (χ1v) is 8.76. The van der Waals surface area contributed by atoms with Crippen molar-refractivity contribution >= 4 is 17.7 Å². The topological polar surface area (TPSA) is 84.7 Å². The van der Waals surface area contributed by atoms with Crippen molar-refractivity contribution in [1.82, 2.24) is 4.90 Å². The van der Waals surface area contributed by atoms with Crippen molar-refractivity contribution in [3.05, 3.63) is 29.6 Å². The second-order valence-electron chi connectivity index (χ2n) is 6.26. The minimum absolute atomic E-state index is 0.121. The van der Waals surface area contributed by atoms with Crippen LogP contribution in [-0.2, 0) is 16.1 Å². The molecule has 0 bridgehead atoms. The molecular weight excluding hydrogens is 325 g/mol. The summed E-state index contributed by atoms with van der Waals surface area (Å²) in [6.45, 7) is 3.54. The van der Waals surface area contributed by atoms with Gasteiger partial charge in [-0.2, -0.15) is 0 Å². The van der Waals surface area contributed by atoms with Gasteiger partial charge in [0.1, 0.15) is 5.82 Å². The summed E-state index contributed by atoms with van der Waals surface area (Å²) in [5, 5.41) is 2.62. The van der Waals surface area contributed by atoms with Crippen molar-refractivity contribution in [2.45, 2.75) is 39.2 Å². The largest absolute Gasteiger partial charge is 0.449 e. The van der Waals surface area contributed by atoms with Crippen LogP contribution in [0.1, 0.15) is 38.2 Å². The lowest BCUT2D eigenvalue weighted by atomic mass is 9.97. The molecule has 0 spiro atoms. The highest BCUT2D eigenvalue weighted by Crippen LogP contribution is 2.21. The van der Waals surface area contributed by atoms with Crippen LogP contribution >= 0.6 is 0 Å². The number of unbranched alkanes of at least 4 members (excludes halogenated alkanes) is 1. The number of carbonyl (C=O) groups is 2. The van der Waals surface area contributed by atoms with E-state index >= 15 is 0 Å². The molecule has 0 aromatic heterocycles. The van der Waals surface area contributed by atoms with Crippen LogP contribution in [0.5, 0.6) is 0 Å². The van der Waals surface area contributed by atoms with Crippen LogP contribution in [-0.4, -0.2) is 36.6 Å². The number of rotatable bonds is 6. The van der Waals surface area contributed by atoms with E-state index in [0.29, 0.717) is 26.0 Å². The van der Waals surface area contributed by atoms with Crippen LogP contribution in [0.3, 0.4) is 0 Å². The van der Waals surface area contributed by atoms with Crippen molar-refractivity contribution in [1.29, 1.82) is 0 Å². The molecule has 2 amide bonds. The van der Waals surface area contributed by atoms with Gasteiger partial charge < -0.3 is 20.7 Å². The molecule has 1 fully saturated rings. The van der Waals surface area contributed by atoms with E-state index in [2.05, 4.69) is 5.32 Å². The van der Waals surface area contributed by atoms with Gasteiger partial charge in [0.05, 0.1) is 18.2 Å². The Kier molecular flexibility index (Phi) is 7.18. The normalized spacial score (nSPS) is 17.2. The first-order chi connectivity index (χ1) is 12.0. The third-order valence-electron chi connectivity index (χ3n) is 4.30. The number of nitrogens with one attached hydrogen (secondary N) is 1. The molecule has 0 radical (unpaired) electrons. The molecule has 1 aliphatic heterocycles. The Morgan fingerprint density at radius 3 is 2.96 bits per heavy atom. The summed E-state index contributed by atoms with van der Waals surface area (Å²) in [6, 6.07) is 4.41. The summed E-state index contributed by atoms with van der Waals surface area (Å²) in [5.41, 5.74) is 6.41. The number of piperidine rings is 1. The molecule has 7 heteroatoms. The van der Waals surface area contributed by atoms with E-state index in [-0.39, 0.29) is 36.7 Å². The average molecular weight is 351 g/mol. The molecule has 1 saturated heterocycles. The molecule has 138 valence electrons. The van der Waals surface area contributed by atoms with Crippen molar-refractivity contribution in [2.75, 3.05) is 25.0 Å². The van der Waals surface area contributed by atoms with Crippen LogP contribution < -0.4 is 11.1 Å². The summed E-state index contributed by atoms with van der Waals surface area (Å²) in [6.07, 6.45) is 2.75. The maximum atomic E-state index is 13.9. The van der Waals surface area contributed by atoms with Gasteiger partial charge in [0, 0.05) is 19.6 Å². The van der Waals surface area contributed by atoms with Crippen LogP contribution in [0, 0.1) is 11.7 Å². The SMILES string of the molecule is CCCCOC(=O)N1CCCC(C(=O)Nc2cc(CN)ccc2F)C1. The Hall–Kier alpha value is -2.15. The van der Waals surface area contributed by atoms with E-state index in [1.165, 1.54) is 12.1 Å². The second-order valence-corrected chi connectivity index (χ2v) is 6.26. The number of hydrogen-bond acceptors (Lipinski definition) is 4. The molecule has 1 aromatic rings. The van der Waals surface area contributed by atoms with Crippen molar-refractivity contribution in [3.8, 4) is 0 Å². The number of halogens is 1. The molecular formula is C18H26FN3O3. The van der Waals surface area contributed by atoms with Crippen LogP contribution in [0.25, 0.3) is 0 Å². The van der Waals surface area contributed by atoms with E-state index in [9.17, 15) is 14.0 Å². The van der Waals surface area contributed by atoms with Gasteiger partial charge in [-0.15, -0.1) is 0 Å². The molecule has 0 aliphatic carbocycles. The van der Waals surface area contributed by atoms with Gasteiger partial charge in [-0.25, -0.2) is 9.18 Å². The standard InChI is InChI=1S/C18H26FN3O3/c1-2-3-9-25-18(24)22-8-4-5-14(12-22)17(23)21-16-10-13(11-20)6-7-15(16)19/h6-7,10,14H,2-5,8-9,11-12,20H2,1H3,(H,21,23). The Balaban J connectivity index is 1.94. The van der Waals surface area contributed by atoms with Crippen molar-refractivity contribution < 1.29 is 18.7 Å². The van der Waals surface area contributed by atoms with Gasteiger partial charge in [0.15, 0.2) is 0 Å². The average Bonchev–Trinajstić information content (AvgIpc) is 2.63. The fourth-order valence-electron chi connectivity index (χ4n) is 2.78. The number of ether oxygens (including phenoxy) is 1. The molecule has 1 aliphatic rings. The Morgan fingerprint density at radius 1 is 1.44 bits per heavy atom. The molecule has 1 heterocycles. The van der Waals surface area contributed by atoms with Gasteiger partial charge in [-0.1, -0.05) is 19.4 Å². The molecule has 1 aromatic carbocycles. The van der Waals surface area contributed by atoms with Crippen LogP contribution in [0.15, 0.2) is 18.2 Å². The van der Waals surface area contributed by atoms with Crippen LogP contribution in [0.4, 0.5) is 14.9 Å². The third kappa shape index (κ3) is 5.42. The highest BCUT2D eigenvalue weighted by molar-refractivity contribution is 5.93. The van der Waals surface area contributed by atoms with Gasteiger partial charge in [0.25, 0.3) is 0 Å². The summed E-state index contributed by atoms with van der Waals surface area (Å²) in [7, 11) is 0. The van der Waals surface area contributed by atoms with E-state index < -0.39 is 5.82 Å². The fraction of sp³-hybridized carbons (Fsp3) is 0.556. The molecule has 0 saturated carbocycles. The number of likely N-dealkylation sites (tertiary alicyclic amines) is 1. The first-order valence-electron chi connectivity index (χ1n) is 8.76. The molecule has 1 unspecified atom stereocenters. The Bertz CT molecular complexity index is 609. The highest BCUT2D eigenvalue weighted by atomic mass is 19.1. The lowest BCUT2D eigenvalue weighted by Crippen LogP contribution is -2.44. The van der Waals surface area contributed by atoms with Crippen LogP contribution in [0.2, 0.25) is 0 Å². The zero-order valence-electron chi connectivity index (χ0n) is 14.6. The monoisotopic (exact) mass is 351 g/mol. The number of nitrogens with zero attached hydrogens (tertiary/aromatic N) is 1. The molecule has 2 rings (SSSR count). The first kappa shape index (κ1) is 19.2. The highest BCUT2D eigenvalue weighted by Gasteiger charge is 2.29. The summed E-state index contributed by atoms with van der Waals surface area (Å²) < 4.78 is 19.1. The predicted octanol–water partition coefficient (Wildman–Crippen LogP) is 2.87. The summed E-state index contributed by atoms with van der Waals surface area (Å²) >= 11 is 0. The van der Waals surface area contributed by atoms with Crippen molar-refractivity contribution in [2.24, 2.45) is 11.7 Å². The van der Waals surface area contributed by atoms with Crippen molar-refractivity contribution in [3.63, 3.8) is 0 Å². The molecule has 1 atom stereocenters. The van der Waals surface area contributed by atoms with E-state index in [0.717, 1.165) is 18.4 Å². The maximum absolute atomic E-state index is 13.9. The van der Waals surface area contributed by atoms with Gasteiger partial charge >= 0.3 is 6.09 Å². The quantitative estimate of drug-likeness (QED) is 0.772. The zero-order chi connectivity index (χ0) is 18.2. The van der Waals surface area contributed by atoms with Gasteiger partial charge in [-0.05, 0) is 37.0 Å². The lowest BCUT2D eigenvalue weighted by molar-refractivity contribution is -0.121. The minimum atomic E-state index is -0.503.